The molecule has 5 unspecified atom stereocenters. The molecule has 0 spiro atoms. The van der Waals surface area contributed by atoms with E-state index in [0.717, 1.165) is 59.6 Å². The van der Waals surface area contributed by atoms with Crippen LogP contribution in [0.2, 0.25) is 0 Å². The number of hydrogen-bond donors (Lipinski definition) is 0. The van der Waals surface area contributed by atoms with Crippen molar-refractivity contribution in [3.8, 4) is 11.1 Å². The molecule has 0 bridgehead atoms. The number of para-hydroxylation sites is 2. The van der Waals surface area contributed by atoms with Gasteiger partial charge in [-0.2, -0.15) is 0 Å². The maximum Gasteiger partial charge on any atom is 0.140 e. The molecule has 0 saturated heterocycles. The molecular formula is C69H55NOS. The Morgan fingerprint density at radius 2 is 1.38 bits per heavy atom. The van der Waals surface area contributed by atoms with Crippen molar-refractivity contribution >= 4 is 86.3 Å². The van der Waals surface area contributed by atoms with Gasteiger partial charge in [-0.05, 0) is 128 Å². The van der Waals surface area contributed by atoms with Crippen molar-refractivity contribution in [1.29, 1.82) is 0 Å². The summed E-state index contributed by atoms with van der Waals surface area (Å²) < 4.78 is 9.58. The molecule has 348 valence electrons. The Kier molecular flexibility index (Phi) is 10.6. The quantitative estimate of drug-likeness (QED) is 0.163. The van der Waals surface area contributed by atoms with Gasteiger partial charge in [-0.25, -0.2) is 0 Å². The lowest BCUT2D eigenvalue weighted by atomic mass is 9.77. The topological polar surface area (TPSA) is 25.5 Å². The third-order valence-corrected chi connectivity index (χ3v) is 17.6. The van der Waals surface area contributed by atoms with Crippen molar-refractivity contribution in [2.45, 2.75) is 63.8 Å². The summed E-state index contributed by atoms with van der Waals surface area (Å²) in [5, 5.41) is 10.1. The van der Waals surface area contributed by atoms with Crippen molar-refractivity contribution < 1.29 is 4.42 Å². The van der Waals surface area contributed by atoms with Crippen LogP contribution in [0, 0.1) is 11.8 Å². The fourth-order valence-electron chi connectivity index (χ4n) is 12.9. The molecular weight excluding hydrogens is 891 g/mol. The Morgan fingerprint density at radius 3 is 2.21 bits per heavy atom. The third kappa shape index (κ3) is 7.15. The number of benzene rings is 9. The molecule has 72 heavy (non-hydrogen) atoms. The summed E-state index contributed by atoms with van der Waals surface area (Å²) in [6, 6.07) is 66.4. The molecule has 11 aromatic rings. The summed E-state index contributed by atoms with van der Waals surface area (Å²) in [5.74, 6) is 0.817. The first kappa shape index (κ1) is 43.2. The zero-order valence-electron chi connectivity index (χ0n) is 40.8. The molecule has 0 fully saturated rings. The van der Waals surface area contributed by atoms with E-state index in [-0.39, 0.29) is 23.8 Å². The lowest BCUT2D eigenvalue weighted by Gasteiger charge is -2.32. The minimum Gasteiger partial charge on any atom is -0.456 e. The second-order valence-electron chi connectivity index (χ2n) is 20.6. The Labute approximate surface area is 425 Å². The number of allylic oxidation sites excluding steroid dienone is 5. The van der Waals surface area contributed by atoms with Gasteiger partial charge in [0.05, 0.1) is 6.04 Å². The van der Waals surface area contributed by atoms with Crippen LogP contribution >= 0.6 is 11.3 Å². The number of rotatable bonds is 6. The highest BCUT2D eigenvalue weighted by atomic mass is 32.1. The van der Waals surface area contributed by atoms with Crippen molar-refractivity contribution in [3.63, 3.8) is 0 Å². The van der Waals surface area contributed by atoms with Gasteiger partial charge in [0.15, 0.2) is 0 Å². The summed E-state index contributed by atoms with van der Waals surface area (Å²) in [5.41, 5.74) is 16.5. The highest BCUT2D eigenvalue weighted by molar-refractivity contribution is 7.25. The maximum atomic E-state index is 6.94. The van der Waals surface area contributed by atoms with Crippen LogP contribution in [0.4, 0.5) is 0 Å². The molecule has 0 amide bonds. The van der Waals surface area contributed by atoms with Crippen molar-refractivity contribution in [2.24, 2.45) is 16.8 Å². The predicted molar refractivity (Wildman–Crippen MR) is 307 cm³/mol. The van der Waals surface area contributed by atoms with Gasteiger partial charge in [-0.1, -0.05) is 190 Å². The fourth-order valence-corrected chi connectivity index (χ4v) is 14.1. The van der Waals surface area contributed by atoms with Crippen LogP contribution in [0.1, 0.15) is 96.4 Å². The van der Waals surface area contributed by atoms with Crippen LogP contribution < -0.4 is 0 Å². The standard InChI is InChI=1S/C69H55NOS/c1-3-51-52(46-31-29-44(30-32-46)43-16-5-4-6-17-43)35-28-42(2)67(70-68(51)59-25-15-24-57-55-22-11-13-26-62(55)71-69(57)59)61-40-50(41-64-66(61)58-23-12-14-27-63(58)72-64)53-36-34-49-38-47-19-7-8-20-48(47)39-60(49)65-54-21-10-9-18-45(54)33-37-56(53)65/h4-16,18-27,29-33,35,37-43,51,53,68H,3,17,28,34,36H2,1-2H3/b52-35+,70-67?. The molecule has 2 aliphatic carbocycles. The second kappa shape index (κ2) is 17.6. The van der Waals surface area contributed by atoms with Gasteiger partial charge in [0.2, 0.25) is 0 Å². The minimum absolute atomic E-state index is 0.101. The van der Waals surface area contributed by atoms with E-state index in [4.69, 9.17) is 9.41 Å². The van der Waals surface area contributed by atoms with E-state index < -0.39 is 0 Å². The van der Waals surface area contributed by atoms with E-state index >= 15 is 0 Å². The average Bonchev–Trinajstić information content (AvgIpc) is 3.96. The number of aliphatic imine (C=N–C) groups is 1. The lowest BCUT2D eigenvalue weighted by molar-refractivity contribution is 0.510. The molecule has 0 N–H and O–H groups in total. The molecule has 0 radical (unpaired) electrons. The fraction of sp³-hybridized carbons (Fsp3) is 0.174. The van der Waals surface area contributed by atoms with Crippen LogP contribution in [0.5, 0.6) is 0 Å². The molecule has 14 rings (SSSR count). The van der Waals surface area contributed by atoms with Gasteiger partial charge in [0.1, 0.15) is 11.2 Å². The second-order valence-corrected chi connectivity index (χ2v) is 21.7. The lowest BCUT2D eigenvalue weighted by Crippen LogP contribution is -2.22. The molecule has 2 nitrogen and oxygen atoms in total. The van der Waals surface area contributed by atoms with Crippen LogP contribution in [-0.2, 0) is 6.42 Å². The van der Waals surface area contributed by atoms with E-state index in [1.54, 1.807) is 0 Å². The molecule has 9 aromatic carbocycles. The van der Waals surface area contributed by atoms with E-state index in [1.165, 1.54) is 97.5 Å². The van der Waals surface area contributed by atoms with Crippen LogP contribution in [0.3, 0.4) is 0 Å². The average molecular weight is 946 g/mol. The van der Waals surface area contributed by atoms with Crippen LogP contribution in [0.25, 0.3) is 80.4 Å². The van der Waals surface area contributed by atoms with Gasteiger partial charge >= 0.3 is 0 Å². The molecule has 2 aromatic heterocycles. The monoisotopic (exact) mass is 945 g/mol. The van der Waals surface area contributed by atoms with E-state index in [9.17, 15) is 0 Å². The first-order valence-corrected chi connectivity index (χ1v) is 27.0. The summed E-state index contributed by atoms with van der Waals surface area (Å²) in [6.45, 7) is 4.78. The van der Waals surface area contributed by atoms with Gasteiger partial charge in [0.25, 0.3) is 0 Å². The van der Waals surface area contributed by atoms with Gasteiger partial charge in [-0.3, -0.25) is 4.99 Å². The van der Waals surface area contributed by atoms with Crippen LogP contribution in [-0.4, -0.2) is 5.71 Å². The predicted octanol–water partition coefficient (Wildman–Crippen LogP) is 19.3. The van der Waals surface area contributed by atoms with Crippen LogP contribution in [0.15, 0.2) is 216 Å². The molecule has 3 heteroatoms. The normalized spacial score (nSPS) is 20.8. The summed E-state index contributed by atoms with van der Waals surface area (Å²) in [6.07, 6.45) is 16.4. The number of hydrogen-bond acceptors (Lipinski definition) is 3. The molecule has 1 aliphatic heterocycles. The summed E-state index contributed by atoms with van der Waals surface area (Å²) in [7, 11) is 0. The Bertz CT molecular complexity index is 4080. The highest BCUT2D eigenvalue weighted by Gasteiger charge is 2.34. The number of fused-ring (bicyclic) bond motifs is 12. The van der Waals surface area contributed by atoms with Gasteiger partial charge in [0, 0.05) is 71.5 Å². The number of aryl methyl sites for hydroxylation is 1. The van der Waals surface area contributed by atoms with Crippen molar-refractivity contribution in [3.05, 3.63) is 245 Å². The summed E-state index contributed by atoms with van der Waals surface area (Å²) in [4.78, 5) is 6.29. The van der Waals surface area contributed by atoms with E-state index in [2.05, 4.69) is 220 Å². The SMILES string of the molecule is CCC1/C(c2ccc(C3C=CC=CC3)cc2)=C/CC(C)C(c2cc(C3CCc4cc5ccccc5cc4-c4c3ccc3ccccc43)cc3sc4ccccc4c23)=NC1c1cccc2c1oc1ccccc12. The highest BCUT2D eigenvalue weighted by Crippen LogP contribution is 2.50. The Hall–Kier alpha value is -7.59. The zero-order chi connectivity index (χ0) is 47.9. The Morgan fingerprint density at radius 1 is 0.611 bits per heavy atom. The van der Waals surface area contributed by atoms with Crippen molar-refractivity contribution in [1.82, 2.24) is 0 Å². The summed E-state index contributed by atoms with van der Waals surface area (Å²) >= 11 is 1.93. The first-order valence-electron chi connectivity index (χ1n) is 26.2. The smallest absolute Gasteiger partial charge is 0.140 e. The van der Waals surface area contributed by atoms with Gasteiger partial charge in [-0.15, -0.1) is 11.3 Å². The third-order valence-electron chi connectivity index (χ3n) is 16.5. The first-order chi connectivity index (χ1) is 35.6. The molecule has 0 saturated carbocycles. The zero-order valence-corrected chi connectivity index (χ0v) is 41.6. The number of furan rings is 1. The molecule has 3 aliphatic rings. The van der Waals surface area contributed by atoms with E-state index in [0.29, 0.717) is 5.92 Å². The van der Waals surface area contributed by atoms with Crippen molar-refractivity contribution in [2.75, 3.05) is 0 Å². The van der Waals surface area contributed by atoms with E-state index in [1.807, 2.05) is 11.3 Å². The van der Waals surface area contributed by atoms with Gasteiger partial charge < -0.3 is 4.42 Å². The largest absolute Gasteiger partial charge is 0.456 e. The Balaban J connectivity index is 0.988. The minimum atomic E-state index is -0.202. The maximum absolute atomic E-state index is 6.94. The molecule has 3 heterocycles. The number of nitrogens with zero attached hydrogens (tertiary/aromatic N) is 1. The molecule has 5 atom stereocenters. The number of thiophene rings is 1.